The van der Waals surface area contributed by atoms with Gasteiger partial charge in [-0.2, -0.15) is 0 Å². The Morgan fingerprint density at radius 1 is 0.880 bits per heavy atom. The SMILES string of the molecule is C[C@H](/C=C/CC(=O)N1CCC[C@H]1CO)[C@@]1(O)C(=O)N(Cc2ccc(N(C=O)c3ccccc3)cc2)c2ccc(N(C=O)c3ccccc3)cc21. The minimum absolute atomic E-state index is 0.0712. The Bertz CT molecular complexity index is 1870. The molecule has 0 unspecified atom stereocenters. The molecule has 10 nitrogen and oxygen atoms in total. The molecule has 0 saturated carbocycles. The van der Waals surface area contributed by atoms with Crippen LogP contribution in [0.2, 0.25) is 0 Å². The van der Waals surface area contributed by atoms with Crippen LogP contribution in [0.25, 0.3) is 0 Å². The molecule has 10 heteroatoms. The van der Waals surface area contributed by atoms with Gasteiger partial charge in [0.15, 0.2) is 5.60 Å². The first kappa shape index (κ1) is 34.3. The molecule has 0 aliphatic carbocycles. The first-order valence-corrected chi connectivity index (χ1v) is 16.7. The van der Waals surface area contributed by atoms with Crippen LogP contribution in [0.1, 0.15) is 37.3 Å². The van der Waals surface area contributed by atoms with E-state index in [0.29, 0.717) is 41.3 Å². The Balaban J connectivity index is 1.31. The van der Waals surface area contributed by atoms with Crippen molar-refractivity contribution in [2.75, 3.05) is 27.9 Å². The van der Waals surface area contributed by atoms with Crippen LogP contribution in [0.15, 0.2) is 115 Å². The molecular weight excluding hydrogens is 632 g/mol. The van der Waals surface area contributed by atoms with Crippen LogP contribution in [0.5, 0.6) is 0 Å². The molecule has 256 valence electrons. The molecule has 0 spiro atoms. The van der Waals surface area contributed by atoms with Gasteiger partial charge in [0.05, 0.1) is 24.9 Å². The van der Waals surface area contributed by atoms with Crippen molar-refractivity contribution in [1.29, 1.82) is 0 Å². The number of hydrogen-bond donors (Lipinski definition) is 2. The summed E-state index contributed by atoms with van der Waals surface area (Å²) in [6.45, 7) is 2.38. The predicted molar refractivity (Wildman–Crippen MR) is 192 cm³/mol. The molecule has 4 aromatic carbocycles. The molecule has 3 atom stereocenters. The average molecular weight is 673 g/mol. The summed E-state index contributed by atoms with van der Waals surface area (Å²) >= 11 is 0. The van der Waals surface area contributed by atoms with Crippen LogP contribution in [0.3, 0.4) is 0 Å². The molecule has 2 N–H and O–H groups in total. The smallest absolute Gasteiger partial charge is 0.264 e. The van der Waals surface area contributed by atoms with Gasteiger partial charge in [0.2, 0.25) is 18.7 Å². The molecular formula is C40H40N4O6. The maximum absolute atomic E-state index is 14.3. The topological polar surface area (TPSA) is 122 Å². The van der Waals surface area contributed by atoms with Crippen molar-refractivity contribution < 1.29 is 29.4 Å². The number of likely N-dealkylation sites (tertiary alicyclic amines) is 1. The second-order valence-electron chi connectivity index (χ2n) is 12.6. The van der Waals surface area contributed by atoms with Crippen LogP contribution in [0.4, 0.5) is 28.4 Å². The summed E-state index contributed by atoms with van der Waals surface area (Å²) in [5, 5.41) is 22.0. The average Bonchev–Trinajstić information content (AvgIpc) is 3.72. The zero-order valence-corrected chi connectivity index (χ0v) is 27.8. The van der Waals surface area contributed by atoms with Crippen LogP contribution in [0, 0.1) is 5.92 Å². The number of carbonyl (C=O) groups is 4. The van der Waals surface area contributed by atoms with E-state index in [1.807, 2.05) is 60.7 Å². The Kier molecular flexibility index (Phi) is 10.2. The largest absolute Gasteiger partial charge is 0.394 e. The monoisotopic (exact) mass is 672 g/mol. The Morgan fingerprint density at radius 2 is 1.46 bits per heavy atom. The number of hydrogen-bond acceptors (Lipinski definition) is 6. The molecule has 2 aliphatic rings. The maximum atomic E-state index is 14.3. The van der Waals surface area contributed by atoms with Crippen molar-refractivity contribution in [3.63, 3.8) is 0 Å². The van der Waals surface area contributed by atoms with Crippen LogP contribution < -0.4 is 14.7 Å². The van der Waals surface area contributed by atoms with Crippen molar-refractivity contribution in [3.8, 4) is 0 Å². The normalized spacial score (nSPS) is 19.0. The van der Waals surface area contributed by atoms with E-state index in [4.69, 9.17) is 0 Å². The third-order valence-electron chi connectivity index (χ3n) is 9.65. The molecule has 0 radical (unpaired) electrons. The van der Waals surface area contributed by atoms with E-state index in [1.54, 1.807) is 66.4 Å². The fourth-order valence-corrected chi connectivity index (χ4v) is 6.89. The fraction of sp³-hybridized carbons (Fsp3) is 0.250. The molecule has 0 aromatic heterocycles. The van der Waals surface area contributed by atoms with Crippen LogP contribution >= 0.6 is 0 Å². The number of benzene rings is 4. The number of aliphatic hydroxyl groups is 2. The highest BCUT2D eigenvalue weighted by molar-refractivity contribution is 6.08. The summed E-state index contributed by atoms with van der Waals surface area (Å²) in [6.07, 6.45) is 6.46. The number of anilines is 5. The first-order chi connectivity index (χ1) is 24.3. The van der Waals surface area contributed by atoms with Crippen molar-refractivity contribution >= 4 is 53.1 Å². The predicted octanol–water partition coefficient (Wildman–Crippen LogP) is 5.58. The molecule has 2 aliphatic heterocycles. The lowest BCUT2D eigenvalue weighted by Crippen LogP contribution is -2.44. The lowest BCUT2D eigenvalue weighted by molar-refractivity contribution is -0.139. The lowest BCUT2D eigenvalue weighted by atomic mass is 9.82. The number of aliphatic hydroxyl groups excluding tert-OH is 1. The summed E-state index contributed by atoms with van der Waals surface area (Å²) in [7, 11) is 0. The van der Waals surface area contributed by atoms with E-state index in [-0.39, 0.29) is 31.5 Å². The number of amides is 4. The number of nitrogens with zero attached hydrogens (tertiary/aromatic N) is 4. The molecule has 2 heterocycles. The van der Waals surface area contributed by atoms with E-state index in [2.05, 4.69) is 0 Å². The standard InChI is InChI=1S/C40H40N4O6/c1-29(10-8-16-38(48)41-23-9-15-35(41)26-45)40(50)36-24-34(44(28-47)32-13-6-3-7-14-32)21-22-37(36)42(39(40)49)25-30-17-19-33(20-18-30)43(27-46)31-11-4-2-5-12-31/h2-8,10-14,17-22,24,27-29,35,45,50H,9,15-16,23,25-26H2,1H3/b10-8+/t29-,35+,40+/m1/s1. The van der Waals surface area contributed by atoms with Gasteiger partial charge >= 0.3 is 0 Å². The van der Waals surface area contributed by atoms with E-state index in [9.17, 15) is 29.4 Å². The highest BCUT2D eigenvalue weighted by Gasteiger charge is 2.52. The van der Waals surface area contributed by atoms with Crippen LogP contribution in [-0.4, -0.2) is 58.9 Å². The molecule has 0 bridgehead atoms. The Hall–Kier alpha value is -5.58. The number of rotatable bonds is 13. The van der Waals surface area contributed by atoms with Crippen LogP contribution in [-0.2, 0) is 31.3 Å². The van der Waals surface area contributed by atoms with Gasteiger partial charge in [0.1, 0.15) is 0 Å². The Morgan fingerprint density at radius 3 is 2.06 bits per heavy atom. The Labute approximate surface area is 291 Å². The maximum Gasteiger partial charge on any atom is 0.264 e. The van der Waals surface area contributed by atoms with Crippen molar-refractivity contribution in [1.82, 2.24) is 4.90 Å². The lowest BCUT2D eigenvalue weighted by Gasteiger charge is -2.28. The second-order valence-corrected chi connectivity index (χ2v) is 12.6. The highest BCUT2D eigenvalue weighted by Crippen LogP contribution is 2.47. The zero-order valence-electron chi connectivity index (χ0n) is 27.8. The fourth-order valence-electron chi connectivity index (χ4n) is 6.89. The summed E-state index contributed by atoms with van der Waals surface area (Å²) < 4.78 is 0. The minimum Gasteiger partial charge on any atom is -0.394 e. The highest BCUT2D eigenvalue weighted by atomic mass is 16.3. The van der Waals surface area contributed by atoms with Crippen molar-refractivity contribution in [2.45, 2.75) is 44.4 Å². The van der Waals surface area contributed by atoms with E-state index >= 15 is 0 Å². The van der Waals surface area contributed by atoms with Gasteiger partial charge < -0.3 is 20.0 Å². The molecule has 6 rings (SSSR count). The molecule has 4 amide bonds. The first-order valence-electron chi connectivity index (χ1n) is 16.7. The quantitative estimate of drug-likeness (QED) is 0.141. The van der Waals surface area contributed by atoms with Gasteiger partial charge in [-0.25, -0.2) is 0 Å². The third kappa shape index (κ3) is 6.55. The van der Waals surface area contributed by atoms with Gasteiger partial charge in [-0.15, -0.1) is 0 Å². The molecule has 50 heavy (non-hydrogen) atoms. The zero-order chi connectivity index (χ0) is 35.3. The van der Waals surface area contributed by atoms with Gasteiger partial charge in [0, 0.05) is 47.2 Å². The second kappa shape index (κ2) is 14.9. The summed E-state index contributed by atoms with van der Waals surface area (Å²) in [5.41, 5.74) is 2.11. The molecule has 1 saturated heterocycles. The van der Waals surface area contributed by atoms with Gasteiger partial charge in [0.25, 0.3) is 5.91 Å². The summed E-state index contributed by atoms with van der Waals surface area (Å²) in [5.74, 6) is -1.40. The minimum atomic E-state index is -2.00. The van der Waals surface area contributed by atoms with E-state index in [1.165, 1.54) is 14.7 Å². The summed E-state index contributed by atoms with van der Waals surface area (Å²) in [6, 6.07) is 30.6. The van der Waals surface area contributed by atoms with Gasteiger partial charge in [-0.1, -0.05) is 67.6 Å². The van der Waals surface area contributed by atoms with Gasteiger partial charge in [-0.05, 0) is 73.0 Å². The number of carbonyl (C=O) groups excluding carboxylic acids is 4. The van der Waals surface area contributed by atoms with Gasteiger partial charge in [-0.3, -0.25) is 29.0 Å². The van der Waals surface area contributed by atoms with E-state index in [0.717, 1.165) is 30.5 Å². The third-order valence-corrected chi connectivity index (χ3v) is 9.65. The van der Waals surface area contributed by atoms with Crippen molar-refractivity contribution in [3.05, 3.63) is 126 Å². The molecule has 1 fully saturated rings. The molecule has 4 aromatic rings. The number of para-hydroxylation sites is 2. The van der Waals surface area contributed by atoms with Crippen molar-refractivity contribution in [2.24, 2.45) is 5.92 Å². The van der Waals surface area contributed by atoms with E-state index < -0.39 is 17.4 Å². The summed E-state index contributed by atoms with van der Waals surface area (Å²) in [4.78, 5) is 57.8. The number of fused-ring (bicyclic) bond motifs is 1.